The molecule has 0 bridgehead atoms. The van der Waals surface area contributed by atoms with Gasteiger partial charge in [-0.25, -0.2) is 0 Å². The number of benzene rings is 2. The second kappa shape index (κ2) is 10.3. The van der Waals surface area contributed by atoms with Crippen LogP contribution >= 0.6 is 22.9 Å². The first-order valence-electron chi connectivity index (χ1n) is 11.4. The number of hydrogen-bond acceptors (Lipinski definition) is 5. The number of carbonyl (C=O) groups is 1. The van der Waals surface area contributed by atoms with Crippen molar-refractivity contribution in [3.05, 3.63) is 87.1 Å². The highest BCUT2D eigenvalue weighted by molar-refractivity contribution is 7.16. The molecule has 0 N–H and O–H groups in total. The number of nitrogens with zero attached hydrogens (tertiary/aromatic N) is 3. The van der Waals surface area contributed by atoms with Gasteiger partial charge >= 0.3 is 0 Å². The Bertz CT molecular complexity index is 1060. The summed E-state index contributed by atoms with van der Waals surface area (Å²) in [5.41, 5.74) is 2.09. The van der Waals surface area contributed by atoms with E-state index in [0.29, 0.717) is 12.6 Å². The van der Waals surface area contributed by atoms with Crippen LogP contribution in [0.15, 0.2) is 66.7 Å². The molecule has 0 radical (unpaired) electrons. The van der Waals surface area contributed by atoms with E-state index in [0.717, 1.165) is 66.3 Å². The Kier molecular flexibility index (Phi) is 6.97. The summed E-state index contributed by atoms with van der Waals surface area (Å²) in [6, 6.07) is 22.5. The van der Waals surface area contributed by atoms with E-state index in [1.807, 2.05) is 59.5 Å². The van der Waals surface area contributed by atoms with Crippen molar-refractivity contribution in [1.82, 2.24) is 14.7 Å². The van der Waals surface area contributed by atoms with Crippen molar-refractivity contribution < 1.29 is 9.53 Å². The van der Waals surface area contributed by atoms with E-state index >= 15 is 0 Å². The van der Waals surface area contributed by atoms with Crippen molar-refractivity contribution in [2.24, 2.45) is 0 Å². The van der Waals surface area contributed by atoms with E-state index in [1.165, 1.54) is 5.56 Å². The van der Waals surface area contributed by atoms with Gasteiger partial charge in [-0.3, -0.25) is 14.6 Å². The first kappa shape index (κ1) is 22.4. The van der Waals surface area contributed by atoms with E-state index in [4.69, 9.17) is 16.3 Å². The molecule has 0 atom stereocenters. The normalized spacial score (nSPS) is 17.7. The highest BCUT2D eigenvalue weighted by Gasteiger charge is 2.34. The first-order valence-corrected chi connectivity index (χ1v) is 12.6. The van der Waals surface area contributed by atoms with Crippen molar-refractivity contribution in [2.45, 2.75) is 19.2 Å². The molecule has 2 aliphatic rings. The van der Waals surface area contributed by atoms with Gasteiger partial charge in [0.05, 0.1) is 4.34 Å². The molecule has 1 aromatic heterocycles. The van der Waals surface area contributed by atoms with Crippen LogP contribution in [0.1, 0.15) is 20.8 Å². The average Bonchev–Trinajstić information content (AvgIpc) is 3.26. The Morgan fingerprint density at radius 2 is 1.67 bits per heavy atom. The number of amides is 1. The molecule has 0 spiro atoms. The zero-order valence-corrected chi connectivity index (χ0v) is 20.1. The molecule has 1 amide bonds. The molecule has 2 saturated heterocycles. The maximum atomic E-state index is 12.6. The summed E-state index contributed by atoms with van der Waals surface area (Å²) in [6.07, 6.45) is 0. The van der Waals surface area contributed by atoms with Gasteiger partial charge < -0.3 is 9.64 Å². The number of ether oxygens (including phenoxy) is 1. The fourth-order valence-electron chi connectivity index (χ4n) is 4.49. The maximum absolute atomic E-state index is 12.6. The SMILES string of the molecule is O=C(c1ccccc1)N1CCN(C2CN(Cc3ccc(OCc4ccc(Cl)s4)cc3)C2)CC1. The third kappa shape index (κ3) is 5.58. The van der Waals surface area contributed by atoms with Crippen molar-refractivity contribution in [1.29, 1.82) is 0 Å². The summed E-state index contributed by atoms with van der Waals surface area (Å²) in [4.78, 5) is 20.8. The van der Waals surface area contributed by atoms with Crippen LogP contribution in [-0.2, 0) is 13.2 Å². The number of hydrogen-bond donors (Lipinski definition) is 0. The van der Waals surface area contributed by atoms with E-state index in [1.54, 1.807) is 11.3 Å². The van der Waals surface area contributed by atoms with Crippen LogP contribution in [0.4, 0.5) is 0 Å². The number of carbonyl (C=O) groups excluding carboxylic acids is 1. The van der Waals surface area contributed by atoms with Crippen molar-refractivity contribution in [3.8, 4) is 5.75 Å². The highest BCUT2D eigenvalue weighted by atomic mass is 35.5. The highest BCUT2D eigenvalue weighted by Crippen LogP contribution is 2.24. The first-order chi connectivity index (χ1) is 16.1. The van der Waals surface area contributed by atoms with Gasteiger partial charge in [0.2, 0.25) is 0 Å². The lowest BCUT2D eigenvalue weighted by Gasteiger charge is -2.48. The molecular formula is C26H28ClN3O2S. The fraction of sp³-hybridized carbons (Fsp3) is 0.346. The number of rotatable bonds is 7. The summed E-state index contributed by atoms with van der Waals surface area (Å²) in [5, 5.41) is 0. The third-order valence-corrected chi connectivity index (χ3v) is 7.62. The zero-order chi connectivity index (χ0) is 22.6. The van der Waals surface area contributed by atoms with E-state index < -0.39 is 0 Å². The van der Waals surface area contributed by atoms with Crippen LogP contribution in [0.3, 0.4) is 0 Å². The van der Waals surface area contributed by atoms with Crippen molar-refractivity contribution in [2.75, 3.05) is 39.3 Å². The Hall–Kier alpha value is -2.38. The van der Waals surface area contributed by atoms with Gasteiger partial charge in [0.25, 0.3) is 5.91 Å². The Balaban J connectivity index is 1.03. The summed E-state index contributed by atoms with van der Waals surface area (Å²) in [5.74, 6) is 1.03. The average molecular weight is 482 g/mol. The van der Waals surface area contributed by atoms with E-state index in [9.17, 15) is 4.79 Å². The van der Waals surface area contributed by atoms with Crippen LogP contribution in [0.25, 0.3) is 0 Å². The molecule has 2 fully saturated rings. The van der Waals surface area contributed by atoms with Gasteiger partial charge in [-0.2, -0.15) is 0 Å². The molecule has 5 nitrogen and oxygen atoms in total. The largest absolute Gasteiger partial charge is 0.488 e. The Morgan fingerprint density at radius 3 is 2.33 bits per heavy atom. The lowest BCUT2D eigenvalue weighted by molar-refractivity contribution is 0.00257. The lowest BCUT2D eigenvalue weighted by Crippen LogP contribution is -2.63. The number of piperazine rings is 1. The molecule has 33 heavy (non-hydrogen) atoms. The number of thiophene rings is 1. The minimum atomic E-state index is 0.150. The van der Waals surface area contributed by atoms with Gasteiger partial charge in [0, 0.05) is 62.3 Å². The van der Waals surface area contributed by atoms with Gasteiger partial charge in [-0.05, 0) is 42.0 Å². The molecule has 0 aliphatic carbocycles. The zero-order valence-electron chi connectivity index (χ0n) is 18.5. The van der Waals surface area contributed by atoms with Crippen LogP contribution in [0, 0.1) is 0 Å². The monoisotopic (exact) mass is 481 g/mol. The summed E-state index contributed by atoms with van der Waals surface area (Å²) in [6.45, 7) is 7.22. The molecule has 0 saturated carbocycles. The summed E-state index contributed by atoms with van der Waals surface area (Å²) >= 11 is 7.52. The standard InChI is InChI=1S/C26H28ClN3O2S/c27-25-11-10-24(33-25)19-32-23-8-6-20(7-9-23)16-28-17-22(18-28)29-12-14-30(15-13-29)26(31)21-4-2-1-3-5-21/h1-11,22H,12-19H2. The summed E-state index contributed by atoms with van der Waals surface area (Å²) in [7, 11) is 0. The van der Waals surface area contributed by atoms with Crippen molar-refractivity contribution >= 4 is 28.8 Å². The number of halogens is 1. The lowest BCUT2D eigenvalue weighted by atomic mass is 10.0. The van der Waals surface area contributed by atoms with Gasteiger partial charge in [0.1, 0.15) is 12.4 Å². The third-order valence-electron chi connectivity index (χ3n) is 6.42. The fourth-order valence-corrected chi connectivity index (χ4v) is 5.49. The van der Waals surface area contributed by atoms with Crippen LogP contribution in [-0.4, -0.2) is 65.9 Å². The molecule has 2 aliphatic heterocycles. The molecule has 0 unspecified atom stereocenters. The number of likely N-dealkylation sites (tertiary alicyclic amines) is 1. The topological polar surface area (TPSA) is 36.0 Å². The predicted octanol–water partition coefficient (Wildman–Crippen LogP) is 4.62. The molecule has 3 heterocycles. The van der Waals surface area contributed by atoms with Crippen molar-refractivity contribution in [3.63, 3.8) is 0 Å². The van der Waals surface area contributed by atoms with Gasteiger partial charge in [-0.1, -0.05) is 41.9 Å². The van der Waals surface area contributed by atoms with E-state index in [-0.39, 0.29) is 5.91 Å². The molecule has 7 heteroatoms. The minimum absolute atomic E-state index is 0.150. The van der Waals surface area contributed by atoms with E-state index in [2.05, 4.69) is 21.9 Å². The van der Waals surface area contributed by atoms with Crippen LogP contribution in [0.2, 0.25) is 4.34 Å². The second-order valence-corrected chi connectivity index (χ2v) is 10.5. The van der Waals surface area contributed by atoms with Gasteiger partial charge in [-0.15, -0.1) is 11.3 Å². The molecular weight excluding hydrogens is 454 g/mol. The van der Waals surface area contributed by atoms with Crippen LogP contribution in [0.5, 0.6) is 5.75 Å². The molecule has 2 aromatic carbocycles. The molecule has 5 rings (SSSR count). The molecule has 3 aromatic rings. The maximum Gasteiger partial charge on any atom is 0.253 e. The minimum Gasteiger partial charge on any atom is -0.488 e. The Morgan fingerprint density at radius 1 is 0.939 bits per heavy atom. The van der Waals surface area contributed by atoms with Crippen LogP contribution < -0.4 is 4.74 Å². The quantitative estimate of drug-likeness (QED) is 0.493. The van der Waals surface area contributed by atoms with Gasteiger partial charge in [0.15, 0.2) is 0 Å². The second-order valence-electron chi connectivity index (χ2n) is 8.68. The smallest absolute Gasteiger partial charge is 0.253 e. The molecule has 172 valence electrons. The Labute approximate surface area is 204 Å². The summed E-state index contributed by atoms with van der Waals surface area (Å²) < 4.78 is 6.65. The predicted molar refractivity (Wildman–Crippen MR) is 133 cm³/mol.